The van der Waals surface area contributed by atoms with Gasteiger partial charge in [0.15, 0.2) is 0 Å². The summed E-state index contributed by atoms with van der Waals surface area (Å²) in [5.41, 5.74) is 0. The van der Waals surface area contributed by atoms with E-state index in [-0.39, 0.29) is 6.54 Å². The molecule has 6 heteroatoms. The summed E-state index contributed by atoms with van der Waals surface area (Å²) >= 11 is 0. The number of aliphatic carboxylic acids is 1. The zero-order valence-electron chi connectivity index (χ0n) is 14.2. The Morgan fingerprint density at radius 3 is 2.74 bits per heavy atom. The van der Waals surface area contributed by atoms with Gasteiger partial charge in [0.2, 0.25) is 0 Å². The number of rotatable bonds is 10. The van der Waals surface area contributed by atoms with Crippen molar-refractivity contribution in [2.45, 2.75) is 50.2 Å². The highest BCUT2D eigenvalue weighted by molar-refractivity contribution is 5.69. The Bertz CT molecular complexity index is 397. The normalized spacial score (nSPS) is 31.5. The molecule has 1 unspecified atom stereocenters. The van der Waals surface area contributed by atoms with Gasteiger partial charge in [-0.2, -0.15) is 0 Å². The first kappa shape index (κ1) is 17.1. The number of methoxy groups -OCH3 is 1. The van der Waals surface area contributed by atoms with Gasteiger partial charge in [-0.15, -0.1) is 0 Å². The predicted octanol–water partition coefficient (Wildman–Crippen LogP) is 0.624. The second-order valence-electron chi connectivity index (χ2n) is 7.53. The molecule has 2 N–H and O–H groups in total. The molecule has 6 nitrogen and oxygen atoms in total. The summed E-state index contributed by atoms with van der Waals surface area (Å²) in [5.74, 6) is 0.0668. The molecule has 1 aliphatic heterocycles. The highest BCUT2D eigenvalue weighted by atomic mass is 16.5. The van der Waals surface area contributed by atoms with Crippen LogP contribution < -0.4 is 5.32 Å². The van der Waals surface area contributed by atoms with Gasteiger partial charge in [-0.3, -0.25) is 14.6 Å². The van der Waals surface area contributed by atoms with Crippen molar-refractivity contribution in [3.8, 4) is 0 Å². The van der Waals surface area contributed by atoms with Crippen LogP contribution in [-0.4, -0.2) is 85.4 Å². The summed E-state index contributed by atoms with van der Waals surface area (Å²) in [7, 11) is 1.75. The monoisotopic (exact) mass is 325 g/mol. The van der Waals surface area contributed by atoms with Gasteiger partial charge in [0.05, 0.1) is 13.2 Å². The Labute approximate surface area is 139 Å². The molecule has 0 aromatic heterocycles. The molecule has 3 fully saturated rings. The molecule has 1 saturated heterocycles. The van der Waals surface area contributed by atoms with Gasteiger partial charge in [-0.1, -0.05) is 0 Å². The third kappa shape index (κ3) is 5.14. The maximum atomic E-state index is 11.1. The molecule has 3 rings (SSSR count). The molecule has 1 heterocycles. The maximum absolute atomic E-state index is 11.1. The Hall–Kier alpha value is -0.690. The topological polar surface area (TPSA) is 65.0 Å². The van der Waals surface area contributed by atoms with Crippen LogP contribution in [0, 0.1) is 5.92 Å². The lowest BCUT2D eigenvalue weighted by Crippen LogP contribution is -2.56. The summed E-state index contributed by atoms with van der Waals surface area (Å²) in [6.07, 6.45) is 5.99. The molecule has 0 radical (unpaired) electrons. The van der Waals surface area contributed by atoms with Crippen LogP contribution in [0.15, 0.2) is 0 Å². The predicted molar refractivity (Wildman–Crippen MR) is 88.6 cm³/mol. The second-order valence-corrected chi connectivity index (χ2v) is 7.53. The minimum Gasteiger partial charge on any atom is -0.480 e. The number of carboxylic acid groups (broad SMARTS) is 1. The Morgan fingerprint density at radius 2 is 2.09 bits per heavy atom. The first-order chi connectivity index (χ1) is 11.1. The van der Waals surface area contributed by atoms with E-state index in [0.29, 0.717) is 18.1 Å². The molecular formula is C17H31N3O3. The third-order valence-electron chi connectivity index (χ3n) is 5.51. The number of carbonyl (C=O) groups is 1. The zero-order chi connectivity index (χ0) is 16.2. The number of likely N-dealkylation sites (tertiary alicyclic amines) is 1. The van der Waals surface area contributed by atoms with E-state index in [2.05, 4.69) is 15.1 Å². The maximum Gasteiger partial charge on any atom is 0.317 e. The SMILES string of the molecule is COCCN1CCC(NC2CC(N(CC(=O)O)CC3CC3)C2)C1. The van der Waals surface area contributed by atoms with Crippen molar-refractivity contribution in [2.75, 3.05) is 46.4 Å². The minimum atomic E-state index is -0.688. The Morgan fingerprint density at radius 1 is 1.30 bits per heavy atom. The smallest absolute Gasteiger partial charge is 0.317 e. The first-order valence-corrected chi connectivity index (χ1v) is 9.07. The van der Waals surface area contributed by atoms with Crippen molar-refractivity contribution in [3.05, 3.63) is 0 Å². The van der Waals surface area contributed by atoms with E-state index in [4.69, 9.17) is 9.84 Å². The highest BCUT2D eigenvalue weighted by Gasteiger charge is 2.38. The standard InChI is InChI=1S/C17H31N3O3/c1-23-7-6-19-5-4-14(11-19)18-15-8-16(9-15)20(12-17(21)22)10-13-2-3-13/h13-16,18H,2-12H2,1H3,(H,21,22). The number of nitrogens with zero attached hydrogens (tertiary/aromatic N) is 2. The molecule has 0 aromatic rings. The van der Waals surface area contributed by atoms with Gasteiger partial charge >= 0.3 is 5.97 Å². The average molecular weight is 325 g/mol. The fourth-order valence-electron chi connectivity index (χ4n) is 3.90. The van der Waals surface area contributed by atoms with Crippen LogP contribution in [0.5, 0.6) is 0 Å². The van der Waals surface area contributed by atoms with Crippen molar-refractivity contribution in [1.82, 2.24) is 15.1 Å². The molecule has 1 atom stereocenters. The van der Waals surface area contributed by atoms with Crippen LogP contribution in [0.25, 0.3) is 0 Å². The van der Waals surface area contributed by atoms with Crippen LogP contribution in [0.1, 0.15) is 32.1 Å². The number of carboxylic acids is 1. The summed E-state index contributed by atoms with van der Waals surface area (Å²) in [6, 6.07) is 1.63. The van der Waals surface area contributed by atoms with Gasteiger partial charge < -0.3 is 15.2 Å². The van der Waals surface area contributed by atoms with Crippen molar-refractivity contribution < 1.29 is 14.6 Å². The summed E-state index contributed by atoms with van der Waals surface area (Å²) in [5, 5.41) is 12.9. The molecule has 0 amide bonds. The Kier molecular flexibility index (Phi) is 5.91. The molecule has 23 heavy (non-hydrogen) atoms. The van der Waals surface area contributed by atoms with Crippen LogP contribution in [0.4, 0.5) is 0 Å². The van der Waals surface area contributed by atoms with Crippen LogP contribution in [0.3, 0.4) is 0 Å². The molecule has 3 aliphatic rings. The molecule has 0 spiro atoms. The molecule has 132 valence electrons. The molecule has 2 aliphatic carbocycles. The van der Waals surface area contributed by atoms with Crippen LogP contribution in [0.2, 0.25) is 0 Å². The molecular weight excluding hydrogens is 294 g/mol. The average Bonchev–Trinajstić information content (AvgIpc) is 3.16. The molecule has 2 saturated carbocycles. The summed E-state index contributed by atoms with van der Waals surface area (Å²) in [4.78, 5) is 15.7. The number of hydrogen-bond acceptors (Lipinski definition) is 5. The second kappa shape index (κ2) is 7.92. The van der Waals surface area contributed by atoms with Gasteiger partial charge in [-0.25, -0.2) is 0 Å². The first-order valence-electron chi connectivity index (χ1n) is 9.07. The van der Waals surface area contributed by atoms with Crippen LogP contribution >= 0.6 is 0 Å². The van der Waals surface area contributed by atoms with E-state index in [1.807, 2.05) is 0 Å². The number of ether oxygens (including phenoxy) is 1. The van der Waals surface area contributed by atoms with Gasteiger partial charge in [-0.05, 0) is 44.6 Å². The quantitative estimate of drug-likeness (QED) is 0.614. The summed E-state index contributed by atoms with van der Waals surface area (Å²) in [6.45, 7) is 5.30. The lowest BCUT2D eigenvalue weighted by atomic mass is 9.84. The Balaban J connectivity index is 1.35. The lowest BCUT2D eigenvalue weighted by molar-refractivity contribution is -0.139. The van der Waals surface area contributed by atoms with E-state index >= 15 is 0 Å². The highest BCUT2D eigenvalue weighted by Crippen LogP contribution is 2.34. The third-order valence-corrected chi connectivity index (χ3v) is 5.51. The fraction of sp³-hybridized carbons (Fsp3) is 0.941. The van der Waals surface area contributed by atoms with Gasteiger partial charge in [0.25, 0.3) is 0 Å². The minimum absolute atomic E-state index is 0.210. The largest absolute Gasteiger partial charge is 0.480 e. The van der Waals surface area contributed by atoms with E-state index in [1.54, 1.807) is 7.11 Å². The van der Waals surface area contributed by atoms with E-state index in [1.165, 1.54) is 19.3 Å². The van der Waals surface area contributed by atoms with Crippen molar-refractivity contribution in [1.29, 1.82) is 0 Å². The summed E-state index contributed by atoms with van der Waals surface area (Å²) < 4.78 is 5.15. The van der Waals surface area contributed by atoms with E-state index in [0.717, 1.165) is 51.5 Å². The molecule has 0 bridgehead atoms. The van der Waals surface area contributed by atoms with Gasteiger partial charge in [0, 0.05) is 44.9 Å². The zero-order valence-corrected chi connectivity index (χ0v) is 14.2. The van der Waals surface area contributed by atoms with Gasteiger partial charge in [0.1, 0.15) is 0 Å². The molecule has 0 aromatic carbocycles. The number of hydrogen-bond donors (Lipinski definition) is 2. The van der Waals surface area contributed by atoms with Crippen LogP contribution in [-0.2, 0) is 9.53 Å². The lowest BCUT2D eigenvalue weighted by Gasteiger charge is -2.44. The number of nitrogens with one attached hydrogen (secondary N) is 1. The van der Waals surface area contributed by atoms with E-state index < -0.39 is 5.97 Å². The van der Waals surface area contributed by atoms with Crippen molar-refractivity contribution >= 4 is 5.97 Å². The van der Waals surface area contributed by atoms with E-state index in [9.17, 15) is 4.79 Å². The fourth-order valence-corrected chi connectivity index (χ4v) is 3.90. The van der Waals surface area contributed by atoms with Crippen molar-refractivity contribution in [3.63, 3.8) is 0 Å². The van der Waals surface area contributed by atoms with Crippen molar-refractivity contribution in [2.24, 2.45) is 5.92 Å².